The molecular formula is C13H20N4O. The molecule has 1 aromatic rings. The van der Waals surface area contributed by atoms with Crippen LogP contribution in [0.1, 0.15) is 25.7 Å². The molecule has 3 rings (SSSR count). The summed E-state index contributed by atoms with van der Waals surface area (Å²) >= 11 is 0. The average molecular weight is 248 g/mol. The fourth-order valence-corrected chi connectivity index (χ4v) is 2.51. The van der Waals surface area contributed by atoms with Gasteiger partial charge in [-0.05, 0) is 25.7 Å². The molecule has 98 valence electrons. The van der Waals surface area contributed by atoms with Gasteiger partial charge in [-0.2, -0.15) is 0 Å². The first kappa shape index (κ1) is 11.7. The van der Waals surface area contributed by atoms with Gasteiger partial charge in [0, 0.05) is 38.1 Å². The fraction of sp³-hybridized carbons (Fsp3) is 0.692. The second-order valence-corrected chi connectivity index (χ2v) is 5.26. The van der Waals surface area contributed by atoms with Gasteiger partial charge in [-0.3, -0.25) is 4.79 Å². The zero-order valence-electron chi connectivity index (χ0n) is 10.6. The van der Waals surface area contributed by atoms with Crippen LogP contribution in [0.3, 0.4) is 0 Å². The van der Waals surface area contributed by atoms with Crippen LogP contribution in [0.4, 0.5) is 0 Å². The first-order valence-electron chi connectivity index (χ1n) is 6.83. The maximum Gasteiger partial charge on any atom is 0.239 e. The molecule has 1 atom stereocenters. The largest absolute Gasteiger partial charge is 0.341 e. The molecule has 2 fully saturated rings. The number of nitrogens with zero attached hydrogens (tertiary/aromatic N) is 3. The topological polar surface area (TPSA) is 50.2 Å². The number of hydrogen-bond acceptors (Lipinski definition) is 3. The molecule has 1 saturated carbocycles. The zero-order valence-corrected chi connectivity index (χ0v) is 10.6. The summed E-state index contributed by atoms with van der Waals surface area (Å²) in [6, 6.07) is 0.704. The molecule has 1 aromatic heterocycles. The lowest BCUT2D eigenvalue weighted by molar-refractivity contribution is -0.129. The normalized spacial score (nSPS) is 23.9. The molecule has 0 bridgehead atoms. The molecule has 5 nitrogen and oxygen atoms in total. The van der Waals surface area contributed by atoms with Crippen molar-refractivity contribution in [2.45, 2.75) is 44.3 Å². The molecule has 1 N–H and O–H groups in total. The van der Waals surface area contributed by atoms with Gasteiger partial charge in [0.2, 0.25) is 5.91 Å². The SMILES string of the molecule is O=C1C(NC2CC2)CCN1CCCn1ccnc1. The van der Waals surface area contributed by atoms with E-state index in [2.05, 4.69) is 14.9 Å². The summed E-state index contributed by atoms with van der Waals surface area (Å²) in [6.45, 7) is 2.71. The minimum absolute atomic E-state index is 0.0887. The van der Waals surface area contributed by atoms with E-state index >= 15 is 0 Å². The van der Waals surface area contributed by atoms with Crippen molar-refractivity contribution in [1.29, 1.82) is 0 Å². The Hall–Kier alpha value is -1.36. The van der Waals surface area contributed by atoms with Crippen LogP contribution in [0, 0.1) is 0 Å². The number of hydrogen-bond donors (Lipinski definition) is 1. The van der Waals surface area contributed by atoms with E-state index in [1.54, 1.807) is 6.20 Å². The van der Waals surface area contributed by atoms with Gasteiger partial charge in [0.1, 0.15) is 0 Å². The van der Waals surface area contributed by atoms with Crippen molar-refractivity contribution >= 4 is 5.91 Å². The smallest absolute Gasteiger partial charge is 0.239 e. The average Bonchev–Trinajstić information content (AvgIpc) is 2.91. The van der Waals surface area contributed by atoms with E-state index in [1.165, 1.54) is 12.8 Å². The third-order valence-electron chi connectivity index (χ3n) is 3.72. The molecule has 1 aliphatic heterocycles. The quantitative estimate of drug-likeness (QED) is 0.803. The predicted molar refractivity (Wildman–Crippen MR) is 68.0 cm³/mol. The highest BCUT2D eigenvalue weighted by molar-refractivity contribution is 5.84. The van der Waals surface area contributed by atoms with Crippen molar-refractivity contribution in [2.75, 3.05) is 13.1 Å². The Kier molecular flexibility index (Phi) is 3.32. The second kappa shape index (κ2) is 5.10. The monoisotopic (exact) mass is 248 g/mol. The van der Waals surface area contributed by atoms with Crippen molar-refractivity contribution in [3.05, 3.63) is 18.7 Å². The molecule has 1 amide bonds. The number of aromatic nitrogens is 2. The third-order valence-corrected chi connectivity index (χ3v) is 3.72. The molecule has 0 aromatic carbocycles. The molecule has 1 saturated heterocycles. The lowest BCUT2D eigenvalue weighted by Crippen LogP contribution is -2.39. The molecule has 2 heterocycles. The van der Waals surface area contributed by atoms with E-state index in [0.717, 1.165) is 32.5 Å². The van der Waals surface area contributed by atoms with Crippen LogP contribution < -0.4 is 5.32 Å². The van der Waals surface area contributed by atoms with E-state index in [1.807, 2.05) is 17.4 Å². The van der Waals surface area contributed by atoms with Gasteiger partial charge in [0.05, 0.1) is 12.4 Å². The molecule has 1 unspecified atom stereocenters. The lowest BCUT2D eigenvalue weighted by atomic mass is 10.2. The Morgan fingerprint density at radius 1 is 1.33 bits per heavy atom. The number of carbonyl (C=O) groups is 1. The van der Waals surface area contributed by atoms with Crippen molar-refractivity contribution < 1.29 is 4.79 Å². The first-order valence-corrected chi connectivity index (χ1v) is 6.83. The number of rotatable bonds is 6. The zero-order chi connectivity index (χ0) is 12.4. The summed E-state index contributed by atoms with van der Waals surface area (Å²) in [4.78, 5) is 18.1. The van der Waals surface area contributed by atoms with E-state index in [0.29, 0.717) is 11.9 Å². The molecule has 1 aliphatic carbocycles. The molecule has 5 heteroatoms. The van der Waals surface area contributed by atoms with Crippen molar-refractivity contribution in [3.8, 4) is 0 Å². The van der Waals surface area contributed by atoms with Crippen molar-refractivity contribution in [1.82, 2.24) is 19.8 Å². The Morgan fingerprint density at radius 3 is 2.94 bits per heavy atom. The van der Waals surface area contributed by atoms with Crippen LogP contribution >= 0.6 is 0 Å². The highest BCUT2D eigenvalue weighted by atomic mass is 16.2. The fourth-order valence-electron chi connectivity index (χ4n) is 2.51. The van der Waals surface area contributed by atoms with Crippen LogP contribution in [-0.2, 0) is 11.3 Å². The standard InChI is InChI=1S/C13H20N4O/c18-13-12(15-11-2-3-11)4-8-17(13)7-1-6-16-9-5-14-10-16/h5,9-12,15H,1-4,6-8H2. The Balaban J connectivity index is 1.41. The third kappa shape index (κ3) is 2.72. The summed E-state index contributed by atoms with van der Waals surface area (Å²) in [5.41, 5.74) is 0. The second-order valence-electron chi connectivity index (χ2n) is 5.26. The lowest BCUT2D eigenvalue weighted by Gasteiger charge is -2.17. The maximum absolute atomic E-state index is 12.1. The summed E-state index contributed by atoms with van der Waals surface area (Å²) in [6.07, 6.45) is 10.0. The van der Waals surface area contributed by atoms with Gasteiger partial charge in [-0.1, -0.05) is 0 Å². The van der Waals surface area contributed by atoms with Crippen molar-refractivity contribution in [2.24, 2.45) is 0 Å². The van der Waals surface area contributed by atoms with E-state index < -0.39 is 0 Å². The number of nitrogens with one attached hydrogen (secondary N) is 1. The van der Waals surface area contributed by atoms with Crippen LogP contribution in [-0.4, -0.2) is 45.5 Å². The van der Waals surface area contributed by atoms with E-state index in [9.17, 15) is 4.79 Å². The van der Waals surface area contributed by atoms with Gasteiger partial charge < -0.3 is 14.8 Å². The summed E-state index contributed by atoms with van der Waals surface area (Å²) in [5.74, 6) is 0.299. The van der Waals surface area contributed by atoms with E-state index in [4.69, 9.17) is 0 Å². The Morgan fingerprint density at radius 2 is 2.22 bits per heavy atom. The predicted octanol–water partition coefficient (Wildman–Crippen LogP) is 0.626. The Bertz CT molecular complexity index is 399. The van der Waals surface area contributed by atoms with Crippen molar-refractivity contribution in [3.63, 3.8) is 0 Å². The van der Waals surface area contributed by atoms with Crippen LogP contribution in [0.25, 0.3) is 0 Å². The van der Waals surface area contributed by atoms with Gasteiger partial charge in [0.25, 0.3) is 0 Å². The highest BCUT2D eigenvalue weighted by Crippen LogP contribution is 2.22. The molecule has 2 aliphatic rings. The minimum Gasteiger partial charge on any atom is -0.341 e. The summed E-state index contributed by atoms with van der Waals surface area (Å²) < 4.78 is 2.06. The van der Waals surface area contributed by atoms with E-state index in [-0.39, 0.29) is 6.04 Å². The van der Waals surface area contributed by atoms with Crippen LogP contribution in [0.5, 0.6) is 0 Å². The number of carbonyl (C=O) groups excluding carboxylic acids is 1. The summed E-state index contributed by atoms with van der Waals surface area (Å²) in [5, 5.41) is 3.43. The number of amides is 1. The maximum atomic E-state index is 12.1. The van der Waals surface area contributed by atoms with Gasteiger partial charge in [0.15, 0.2) is 0 Å². The molecular weight excluding hydrogens is 228 g/mol. The summed E-state index contributed by atoms with van der Waals surface area (Å²) in [7, 11) is 0. The molecule has 18 heavy (non-hydrogen) atoms. The molecule has 0 spiro atoms. The van der Waals surface area contributed by atoms with Crippen LogP contribution in [0.15, 0.2) is 18.7 Å². The van der Waals surface area contributed by atoms with Gasteiger partial charge in [-0.15, -0.1) is 0 Å². The molecule has 0 radical (unpaired) electrons. The van der Waals surface area contributed by atoms with Crippen LogP contribution in [0.2, 0.25) is 0 Å². The van der Waals surface area contributed by atoms with Gasteiger partial charge in [-0.25, -0.2) is 4.98 Å². The number of imidazole rings is 1. The minimum atomic E-state index is 0.0887. The van der Waals surface area contributed by atoms with Gasteiger partial charge >= 0.3 is 0 Å². The first-order chi connectivity index (χ1) is 8.83. The number of likely N-dealkylation sites (tertiary alicyclic amines) is 1. The highest BCUT2D eigenvalue weighted by Gasteiger charge is 2.35. The Labute approximate surface area is 107 Å². The number of aryl methyl sites for hydroxylation is 1.